The fraction of sp³-hybridized carbons (Fsp3) is 0.600. The van der Waals surface area contributed by atoms with E-state index >= 15 is 0 Å². The van der Waals surface area contributed by atoms with Crippen LogP contribution in [0.3, 0.4) is 0 Å². The molecule has 1 saturated carbocycles. The highest BCUT2D eigenvalue weighted by atomic mass is 79.9. The largest absolute Gasteiger partial charge is 0.492 e. The zero-order valence-electron chi connectivity index (χ0n) is 11.1. The van der Waals surface area contributed by atoms with Crippen molar-refractivity contribution in [2.24, 2.45) is 0 Å². The highest BCUT2D eigenvalue weighted by Gasteiger charge is 2.19. The number of rotatable bonds is 9. The average Bonchev–Trinajstić information content (AvgIpc) is 3.20. The van der Waals surface area contributed by atoms with Gasteiger partial charge in [0.2, 0.25) is 0 Å². The summed E-state index contributed by atoms with van der Waals surface area (Å²) in [5.74, 6) is 0.770. The first-order valence-electron chi connectivity index (χ1n) is 7.07. The van der Waals surface area contributed by atoms with Crippen molar-refractivity contribution in [3.8, 4) is 5.75 Å². The molecule has 1 fully saturated rings. The fourth-order valence-electron chi connectivity index (χ4n) is 1.94. The summed E-state index contributed by atoms with van der Waals surface area (Å²) in [7, 11) is 0. The van der Waals surface area contributed by atoms with Crippen LogP contribution in [-0.2, 0) is 0 Å². The van der Waals surface area contributed by atoms with Gasteiger partial charge in [-0.15, -0.1) is 0 Å². The molecule has 0 aromatic heterocycles. The third-order valence-corrected chi connectivity index (χ3v) is 4.04. The lowest BCUT2D eigenvalue weighted by Crippen LogP contribution is -2.17. The predicted molar refractivity (Wildman–Crippen MR) is 84.1 cm³/mol. The molecule has 2 nitrogen and oxygen atoms in total. The Morgan fingerprint density at radius 2 is 2.00 bits per heavy atom. The Kier molecular flexibility index (Phi) is 6.48. The first-order valence-corrected chi connectivity index (χ1v) is 8.24. The average molecular weight is 347 g/mol. The predicted octanol–water partition coefficient (Wildman–Crippen LogP) is 4.79. The van der Waals surface area contributed by atoms with Crippen LogP contribution in [0.15, 0.2) is 22.7 Å². The molecular weight excluding hydrogens is 326 g/mol. The zero-order valence-corrected chi connectivity index (χ0v) is 13.5. The maximum absolute atomic E-state index is 6.06. The summed E-state index contributed by atoms with van der Waals surface area (Å²) in [5.41, 5.74) is 0. The zero-order chi connectivity index (χ0) is 13.5. The van der Waals surface area contributed by atoms with E-state index in [-0.39, 0.29) is 0 Å². The van der Waals surface area contributed by atoms with E-state index in [0.29, 0.717) is 5.02 Å². The number of halogens is 2. The van der Waals surface area contributed by atoms with Gasteiger partial charge in [0.25, 0.3) is 0 Å². The van der Waals surface area contributed by atoms with Gasteiger partial charge in [0, 0.05) is 10.5 Å². The van der Waals surface area contributed by atoms with Crippen molar-refractivity contribution in [3.05, 3.63) is 27.7 Å². The molecule has 2 rings (SSSR count). The minimum Gasteiger partial charge on any atom is -0.492 e. The van der Waals surface area contributed by atoms with E-state index < -0.39 is 0 Å². The molecular formula is C15H21BrClNO. The molecule has 0 atom stereocenters. The van der Waals surface area contributed by atoms with Crippen molar-refractivity contribution in [1.82, 2.24) is 5.32 Å². The number of nitrogens with one attached hydrogen (secondary N) is 1. The SMILES string of the molecule is Clc1ccc(Br)cc1OCCCCCCNC1CC1. The summed E-state index contributed by atoms with van der Waals surface area (Å²) in [5, 5.41) is 4.21. The summed E-state index contributed by atoms with van der Waals surface area (Å²) in [6.45, 7) is 1.91. The molecule has 0 saturated heterocycles. The molecule has 0 unspecified atom stereocenters. The third-order valence-electron chi connectivity index (χ3n) is 3.23. The minimum atomic E-state index is 0.678. The molecule has 0 radical (unpaired) electrons. The molecule has 106 valence electrons. The lowest BCUT2D eigenvalue weighted by atomic mass is 10.2. The molecule has 1 aromatic rings. The van der Waals surface area contributed by atoms with E-state index in [1.807, 2.05) is 18.2 Å². The van der Waals surface area contributed by atoms with E-state index in [9.17, 15) is 0 Å². The number of benzene rings is 1. The van der Waals surface area contributed by atoms with Gasteiger partial charge in [-0.1, -0.05) is 40.4 Å². The fourth-order valence-corrected chi connectivity index (χ4v) is 2.46. The van der Waals surface area contributed by atoms with Crippen LogP contribution in [0.25, 0.3) is 0 Å². The molecule has 4 heteroatoms. The van der Waals surface area contributed by atoms with Gasteiger partial charge in [-0.25, -0.2) is 0 Å². The first-order chi connectivity index (χ1) is 9.25. The molecule has 0 heterocycles. The molecule has 1 aliphatic rings. The standard InChI is InChI=1S/C15H21BrClNO/c16-12-5-8-14(17)15(11-12)19-10-4-2-1-3-9-18-13-6-7-13/h5,8,11,13,18H,1-4,6-7,9-10H2. The maximum Gasteiger partial charge on any atom is 0.139 e. The lowest BCUT2D eigenvalue weighted by Gasteiger charge is -2.08. The van der Waals surface area contributed by atoms with Crippen molar-refractivity contribution < 1.29 is 4.74 Å². The molecule has 0 aliphatic heterocycles. The lowest BCUT2D eigenvalue weighted by molar-refractivity contribution is 0.304. The Bertz CT molecular complexity index is 396. The van der Waals surface area contributed by atoms with Crippen molar-refractivity contribution in [2.45, 2.75) is 44.6 Å². The van der Waals surface area contributed by atoms with Crippen LogP contribution in [0.2, 0.25) is 5.02 Å². The summed E-state index contributed by atoms with van der Waals surface area (Å²) in [4.78, 5) is 0. The molecule has 1 aromatic carbocycles. The Hall–Kier alpha value is -0.250. The second-order valence-electron chi connectivity index (χ2n) is 5.07. The molecule has 0 bridgehead atoms. The third kappa shape index (κ3) is 6.15. The van der Waals surface area contributed by atoms with Crippen LogP contribution in [0.5, 0.6) is 5.75 Å². The van der Waals surface area contributed by atoms with Gasteiger partial charge in [-0.05, 0) is 50.4 Å². The van der Waals surface area contributed by atoms with Crippen LogP contribution >= 0.6 is 27.5 Å². The molecule has 19 heavy (non-hydrogen) atoms. The van der Waals surface area contributed by atoms with Crippen LogP contribution in [0.4, 0.5) is 0 Å². The second-order valence-corrected chi connectivity index (χ2v) is 6.39. The Labute approximate surface area is 129 Å². The summed E-state index contributed by atoms with van der Waals surface area (Å²) in [6.07, 6.45) is 7.61. The summed E-state index contributed by atoms with van der Waals surface area (Å²) >= 11 is 9.48. The first kappa shape index (κ1) is 15.1. The van der Waals surface area contributed by atoms with Gasteiger partial charge in [0.05, 0.1) is 11.6 Å². The van der Waals surface area contributed by atoms with Gasteiger partial charge < -0.3 is 10.1 Å². The number of unbranched alkanes of at least 4 members (excludes halogenated alkanes) is 3. The van der Waals surface area contributed by atoms with Gasteiger partial charge in [0.1, 0.15) is 5.75 Å². The minimum absolute atomic E-state index is 0.678. The quantitative estimate of drug-likeness (QED) is 0.649. The highest BCUT2D eigenvalue weighted by molar-refractivity contribution is 9.10. The maximum atomic E-state index is 6.06. The molecule has 1 aliphatic carbocycles. The van der Waals surface area contributed by atoms with Crippen molar-refractivity contribution >= 4 is 27.5 Å². The molecule has 1 N–H and O–H groups in total. The van der Waals surface area contributed by atoms with E-state index in [2.05, 4.69) is 21.2 Å². The van der Waals surface area contributed by atoms with E-state index in [4.69, 9.17) is 16.3 Å². The summed E-state index contributed by atoms with van der Waals surface area (Å²) < 4.78 is 6.69. The number of hydrogen-bond acceptors (Lipinski definition) is 2. The van der Waals surface area contributed by atoms with Gasteiger partial charge in [-0.3, -0.25) is 0 Å². The van der Waals surface area contributed by atoms with Crippen molar-refractivity contribution in [1.29, 1.82) is 0 Å². The Balaban J connectivity index is 1.49. The van der Waals surface area contributed by atoms with Gasteiger partial charge in [0.15, 0.2) is 0 Å². The monoisotopic (exact) mass is 345 g/mol. The molecule has 0 amide bonds. The number of ether oxygens (including phenoxy) is 1. The van der Waals surface area contributed by atoms with Crippen LogP contribution in [0.1, 0.15) is 38.5 Å². The van der Waals surface area contributed by atoms with Crippen molar-refractivity contribution in [2.75, 3.05) is 13.2 Å². The van der Waals surface area contributed by atoms with E-state index in [0.717, 1.165) is 29.3 Å². The van der Waals surface area contributed by atoms with Crippen LogP contribution in [0, 0.1) is 0 Å². The van der Waals surface area contributed by atoms with E-state index in [1.54, 1.807) is 0 Å². The van der Waals surface area contributed by atoms with Crippen LogP contribution in [-0.4, -0.2) is 19.2 Å². The topological polar surface area (TPSA) is 21.3 Å². The van der Waals surface area contributed by atoms with Crippen LogP contribution < -0.4 is 10.1 Å². The second kappa shape index (κ2) is 8.13. The van der Waals surface area contributed by atoms with E-state index in [1.165, 1.54) is 38.6 Å². The normalized spacial score (nSPS) is 14.6. The smallest absolute Gasteiger partial charge is 0.139 e. The van der Waals surface area contributed by atoms with Gasteiger partial charge >= 0.3 is 0 Å². The highest BCUT2D eigenvalue weighted by Crippen LogP contribution is 2.28. The summed E-state index contributed by atoms with van der Waals surface area (Å²) in [6, 6.07) is 6.52. The number of hydrogen-bond donors (Lipinski definition) is 1. The van der Waals surface area contributed by atoms with Crippen molar-refractivity contribution in [3.63, 3.8) is 0 Å². The van der Waals surface area contributed by atoms with Gasteiger partial charge in [-0.2, -0.15) is 0 Å². The Morgan fingerprint density at radius 3 is 2.79 bits per heavy atom. The molecule has 0 spiro atoms. The Morgan fingerprint density at radius 1 is 1.21 bits per heavy atom.